The fourth-order valence-electron chi connectivity index (χ4n) is 3.26. The number of hydrogen-bond donors (Lipinski definition) is 3. The van der Waals surface area contributed by atoms with E-state index in [1.807, 2.05) is 0 Å². The predicted octanol–water partition coefficient (Wildman–Crippen LogP) is 0.143. The predicted molar refractivity (Wildman–Crippen MR) is 101 cm³/mol. The minimum Gasteiger partial charge on any atom is -0.387 e. The highest BCUT2D eigenvalue weighted by Gasteiger charge is 2.46. The molecule has 4 rings (SSSR count). The Labute approximate surface area is 170 Å². The molecule has 2 aliphatic rings. The van der Waals surface area contributed by atoms with E-state index in [1.165, 1.54) is 12.3 Å². The van der Waals surface area contributed by atoms with Crippen molar-refractivity contribution >= 4 is 13.6 Å². The number of pyridine rings is 1. The van der Waals surface area contributed by atoms with E-state index in [1.54, 1.807) is 24.5 Å². The average Bonchev–Trinajstić information content (AvgIpc) is 3.01. The molecule has 4 heterocycles. The molecule has 0 aromatic carbocycles. The van der Waals surface area contributed by atoms with Crippen LogP contribution in [-0.4, -0.2) is 56.3 Å². The van der Waals surface area contributed by atoms with Crippen LogP contribution in [0.1, 0.15) is 24.3 Å². The molecule has 30 heavy (non-hydrogen) atoms. The van der Waals surface area contributed by atoms with E-state index in [0.29, 0.717) is 6.42 Å². The molecular formula is C17H21N4O8P. The summed E-state index contributed by atoms with van der Waals surface area (Å²) >= 11 is 0. The quantitative estimate of drug-likeness (QED) is 0.541. The van der Waals surface area contributed by atoms with Gasteiger partial charge in [0.25, 0.3) is 0 Å². The molecule has 2 aromatic rings. The van der Waals surface area contributed by atoms with Crippen LogP contribution < -0.4 is 11.4 Å². The molecule has 0 saturated carbocycles. The molecule has 0 spiro atoms. The molecule has 12 nitrogen and oxygen atoms in total. The smallest absolute Gasteiger partial charge is 0.387 e. The first-order chi connectivity index (χ1) is 14.4. The van der Waals surface area contributed by atoms with Crippen molar-refractivity contribution in [3.05, 3.63) is 52.8 Å². The van der Waals surface area contributed by atoms with Crippen LogP contribution in [0.15, 0.2) is 41.6 Å². The summed E-state index contributed by atoms with van der Waals surface area (Å²) in [5.41, 5.74) is 5.48. The van der Waals surface area contributed by atoms with Gasteiger partial charge in [-0.1, -0.05) is 0 Å². The minimum atomic E-state index is -3.93. The molecule has 4 N–H and O–H groups in total. The van der Waals surface area contributed by atoms with Crippen LogP contribution in [-0.2, 0) is 22.9 Å². The highest BCUT2D eigenvalue weighted by molar-refractivity contribution is 7.48. The lowest BCUT2D eigenvalue weighted by Crippen LogP contribution is -2.36. The van der Waals surface area contributed by atoms with Gasteiger partial charge in [-0.2, -0.15) is 4.98 Å². The summed E-state index contributed by atoms with van der Waals surface area (Å²) in [5, 5.41) is 20.6. The van der Waals surface area contributed by atoms with Gasteiger partial charge in [0.2, 0.25) is 0 Å². The molecule has 2 aliphatic heterocycles. The van der Waals surface area contributed by atoms with Gasteiger partial charge in [-0.15, -0.1) is 0 Å². The molecule has 13 heteroatoms. The van der Waals surface area contributed by atoms with Crippen molar-refractivity contribution < 1.29 is 33.1 Å². The van der Waals surface area contributed by atoms with Crippen LogP contribution >= 0.6 is 7.82 Å². The topological polar surface area (TPSA) is 168 Å². The summed E-state index contributed by atoms with van der Waals surface area (Å²) in [5.74, 6) is 0.0117. The zero-order valence-corrected chi connectivity index (χ0v) is 16.6. The summed E-state index contributed by atoms with van der Waals surface area (Å²) in [4.78, 5) is 19.5. The molecule has 0 radical (unpaired) electrons. The van der Waals surface area contributed by atoms with E-state index in [-0.39, 0.29) is 12.4 Å². The molecule has 2 saturated heterocycles. The second kappa shape index (κ2) is 8.52. The maximum atomic E-state index is 12.8. The number of nitrogens with two attached hydrogens (primary N) is 1. The van der Waals surface area contributed by atoms with E-state index in [2.05, 4.69) is 9.97 Å². The summed E-state index contributed by atoms with van der Waals surface area (Å²) < 4.78 is 35.5. The van der Waals surface area contributed by atoms with Crippen molar-refractivity contribution in [2.75, 3.05) is 18.9 Å². The largest absolute Gasteiger partial charge is 0.475 e. The highest BCUT2D eigenvalue weighted by Crippen LogP contribution is 2.57. The molecular weight excluding hydrogens is 419 g/mol. The second-order valence-electron chi connectivity index (χ2n) is 6.83. The van der Waals surface area contributed by atoms with Crippen molar-refractivity contribution in [2.45, 2.75) is 37.1 Å². The van der Waals surface area contributed by atoms with Gasteiger partial charge in [0, 0.05) is 25.0 Å². The lowest BCUT2D eigenvalue weighted by atomic mass is 10.1. The maximum Gasteiger partial charge on any atom is 0.475 e. The number of rotatable bonds is 5. The van der Waals surface area contributed by atoms with Gasteiger partial charge in [0.05, 0.1) is 19.3 Å². The number of phosphoric ester groups is 1. The zero-order valence-electron chi connectivity index (χ0n) is 15.7. The SMILES string of the molecule is Nc1ccn([C@@H]2O[C@H](COP3(=O)OCC[C@@H](c4ccncc4)O3)[C@@H](O)[C@@H]2O)c(=O)n1. The second-order valence-corrected chi connectivity index (χ2v) is 8.45. The van der Waals surface area contributed by atoms with Gasteiger partial charge in [0.15, 0.2) is 6.23 Å². The lowest BCUT2D eigenvalue weighted by Gasteiger charge is -2.29. The Balaban J connectivity index is 1.42. The Bertz CT molecular complexity index is 989. The number of nitrogens with zero attached hydrogens (tertiary/aromatic N) is 3. The van der Waals surface area contributed by atoms with Crippen molar-refractivity contribution in [3.8, 4) is 0 Å². The molecule has 0 amide bonds. The summed E-state index contributed by atoms with van der Waals surface area (Å²) in [7, 11) is -3.93. The van der Waals surface area contributed by atoms with Crippen LogP contribution in [0, 0.1) is 0 Å². The van der Waals surface area contributed by atoms with E-state index < -0.39 is 50.8 Å². The van der Waals surface area contributed by atoms with Crippen LogP contribution in [0.5, 0.6) is 0 Å². The van der Waals surface area contributed by atoms with Crippen molar-refractivity contribution in [1.82, 2.24) is 14.5 Å². The monoisotopic (exact) mass is 440 g/mol. The number of aliphatic hydroxyl groups excluding tert-OH is 2. The Morgan fingerprint density at radius 1 is 1.27 bits per heavy atom. The first-order valence-corrected chi connectivity index (χ1v) is 10.7. The first kappa shape index (κ1) is 21.1. The van der Waals surface area contributed by atoms with Gasteiger partial charge in [0.1, 0.15) is 24.1 Å². The zero-order chi connectivity index (χ0) is 21.3. The molecule has 2 aromatic heterocycles. The summed E-state index contributed by atoms with van der Waals surface area (Å²) in [6, 6.07) is 4.84. The third-order valence-electron chi connectivity index (χ3n) is 4.82. The van der Waals surface area contributed by atoms with Crippen molar-refractivity contribution in [3.63, 3.8) is 0 Å². The van der Waals surface area contributed by atoms with E-state index in [0.717, 1.165) is 10.1 Å². The van der Waals surface area contributed by atoms with Gasteiger partial charge >= 0.3 is 13.5 Å². The number of phosphoric acid groups is 1. The van der Waals surface area contributed by atoms with Gasteiger partial charge in [-0.05, 0) is 23.8 Å². The normalized spacial score (nSPS) is 34.1. The van der Waals surface area contributed by atoms with Gasteiger partial charge in [-0.25, -0.2) is 9.36 Å². The Hall–Kier alpha value is -2.18. The maximum absolute atomic E-state index is 12.8. The Morgan fingerprint density at radius 3 is 2.77 bits per heavy atom. The number of aromatic nitrogens is 3. The standard InChI is InChI=1S/C17H21N4O8P/c18-13-3-7-21(17(24)20-13)16-15(23)14(22)12(28-16)9-27-30(25)26-8-4-11(29-30)10-1-5-19-6-2-10/h1-3,5-7,11-12,14-16,22-23H,4,8-9H2,(H2,18,20,24)/t11-,12+,14+,15-,16+,30?/m0/s1. The van der Waals surface area contributed by atoms with Crippen LogP contribution in [0.3, 0.4) is 0 Å². The number of nitrogen functional groups attached to an aromatic ring is 1. The van der Waals surface area contributed by atoms with Crippen molar-refractivity contribution in [2.24, 2.45) is 0 Å². The van der Waals surface area contributed by atoms with E-state index >= 15 is 0 Å². The fourth-order valence-corrected chi connectivity index (χ4v) is 4.66. The Morgan fingerprint density at radius 2 is 2.03 bits per heavy atom. The van der Waals surface area contributed by atoms with Gasteiger partial charge < -0.3 is 20.7 Å². The van der Waals surface area contributed by atoms with E-state index in [4.69, 9.17) is 24.0 Å². The minimum absolute atomic E-state index is 0.0117. The number of ether oxygens (including phenoxy) is 1. The summed E-state index contributed by atoms with van der Waals surface area (Å²) in [6.07, 6.45) is -0.693. The van der Waals surface area contributed by atoms with Crippen molar-refractivity contribution in [1.29, 1.82) is 0 Å². The third kappa shape index (κ3) is 4.30. The molecule has 6 atom stereocenters. The molecule has 2 fully saturated rings. The number of hydrogen-bond acceptors (Lipinski definition) is 11. The lowest BCUT2D eigenvalue weighted by molar-refractivity contribution is -0.0609. The van der Waals surface area contributed by atoms with Gasteiger partial charge in [-0.3, -0.25) is 23.1 Å². The average molecular weight is 440 g/mol. The van der Waals surface area contributed by atoms with E-state index in [9.17, 15) is 19.6 Å². The molecule has 162 valence electrons. The number of aliphatic hydroxyl groups is 2. The third-order valence-corrected chi connectivity index (χ3v) is 6.30. The molecule has 0 aliphatic carbocycles. The highest BCUT2D eigenvalue weighted by atomic mass is 31.2. The Kier molecular flexibility index (Phi) is 5.98. The molecule has 0 bridgehead atoms. The van der Waals surface area contributed by atoms with Crippen LogP contribution in [0.2, 0.25) is 0 Å². The first-order valence-electron chi connectivity index (χ1n) is 9.20. The summed E-state index contributed by atoms with van der Waals surface area (Å²) in [6.45, 7) is -0.248. The van der Waals surface area contributed by atoms with Crippen LogP contribution in [0.4, 0.5) is 5.82 Å². The number of anilines is 1. The fraction of sp³-hybridized carbons (Fsp3) is 0.471. The molecule has 1 unspecified atom stereocenters. The van der Waals surface area contributed by atoms with Crippen LogP contribution in [0.25, 0.3) is 0 Å².